The number of hydrogen-bond acceptors (Lipinski definition) is 7. The molecule has 9 nitrogen and oxygen atoms in total. The van der Waals surface area contributed by atoms with Crippen LogP contribution in [0.3, 0.4) is 0 Å². The van der Waals surface area contributed by atoms with Crippen LogP contribution in [0.25, 0.3) is 0 Å². The van der Waals surface area contributed by atoms with E-state index in [9.17, 15) is 27.6 Å². The molecule has 0 aromatic heterocycles. The Morgan fingerprint density at radius 1 is 1.00 bits per heavy atom. The Labute approximate surface area is 243 Å². The summed E-state index contributed by atoms with van der Waals surface area (Å²) in [6.45, 7) is 4.34. The number of sulfone groups is 1. The Balaban J connectivity index is 0.000000350. The third-order valence-electron chi connectivity index (χ3n) is 7.06. The molecular formula is C28H30Cl2N2O7S. The zero-order valence-electron chi connectivity index (χ0n) is 22.1. The van der Waals surface area contributed by atoms with E-state index in [0.29, 0.717) is 47.2 Å². The second-order valence-electron chi connectivity index (χ2n) is 10.2. The minimum absolute atomic E-state index is 0.000787. The van der Waals surface area contributed by atoms with E-state index >= 15 is 0 Å². The monoisotopic (exact) mass is 608 g/mol. The highest BCUT2D eigenvalue weighted by molar-refractivity contribution is 7.93. The van der Waals surface area contributed by atoms with E-state index in [0.717, 1.165) is 0 Å². The van der Waals surface area contributed by atoms with Crippen LogP contribution in [0, 0.1) is 5.92 Å². The minimum atomic E-state index is -4.12. The van der Waals surface area contributed by atoms with E-state index in [-0.39, 0.29) is 48.0 Å². The Morgan fingerprint density at radius 2 is 1.68 bits per heavy atom. The van der Waals surface area contributed by atoms with E-state index in [1.165, 1.54) is 29.2 Å². The van der Waals surface area contributed by atoms with Gasteiger partial charge in [0.05, 0.1) is 17.4 Å². The zero-order valence-corrected chi connectivity index (χ0v) is 24.4. The number of Topliss-reactive ketones (excluding diaryl/α,β-unsaturated/α-hetero) is 2. The van der Waals surface area contributed by atoms with Crippen molar-refractivity contribution in [2.75, 3.05) is 13.1 Å². The number of benzene rings is 2. The molecule has 2 amide bonds. The van der Waals surface area contributed by atoms with Crippen molar-refractivity contribution in [1.82, 2.24) is 10.2 Å². The highest BCUT2D eigenvalue weighted by Crippen LogP contribution is 2.49. The Hall–Kier alpha value is -2.95. The number of carbonyl (C=O) groups excluding carboxylic acids is 4. The van der Waals surface area contributed by atoms with Gasteiger partial charge in [0.2, 0.25) is 26.5 Å². The van der Waals surface area contributed by atoms with Gasteiger partial charge in [-0.1, -0.05) is 23.2 Å². The molecule has 0 radical (unpaired) electrons. The van der Waals surface area contributed by atoms with Gasteiger partial charge in [-0.2, -0.15) is 0 Å². The van der Waals surface area contributed by atoms with Crippen molar-refractivity contribution in [2.45, 2.75) is 61.8 Å². The molecule has 3 saturated heterocycles. The molecule has 3 aliphatic heterocycles. The minimum Gasteiger partial charge on any atom is -0.491 e. The van der Waals surface area contributed by atoms with Crippen LogP contribution in [0.1, 0.15) is 45.1 Å². The summed E-state index contributed by atoms with van der Waals surface area (Å²) in [7, 11) is -4.12. The molecule has 2 unspecified atom stereocenters. The number of hydrogen-bond donors (Lipinski definition) is 1. The highest BCUT2D eigenvalue weighted by Gasteiger charge is 2.70. The number of carbonyl (C=O) groups is 4. The van der Waals surface area contributed by atoms with Gasteiger partial charge in [0.25, 0.3) is 0 Å². The average molecular weight is 610 g/mol. The molecular weight excluding hydrogens is 579 g/mol. The molecule has 3 heterocycles. The number of amides is 2. The van der Waals surface area contributed by atoms with Crippen molar-refractivity contribution < 1.29 is 32.3 Å². The third kappa shape index (κ3) is 5.89. The van der Waals surface area contributed by atoms with Gasteiger partial charge in [-0.3, -0.25) is 19.2 Å². The van der Waals surface area contributed by atoms with E-state index in [1.54, 1.807) is 18.2 Å². The van der Waals surface area contributed by atoms with Crippen LogP contribution in [-0.2, 0) is 35.4 Å². The lowest BCUT2D eigenvalue weighted by atomic mass is 9.92. The van der Waals surface area contributed by atoms with E-state index < -0.39 is 26.4 Å². The molecule has 3 fully saturated rings. The first kappa shape index (κ1) is 30.0. The van der Waals surface area contributed by atoms with Crippen molar-refractivity contribution in [1.29, 1.82) is 0 Å². The van der Waals surface area contributed by atoms with Crippen molar-refractivity contribution in [3.8, 4) is 5.75 Å². The standard InChI is InChI=1S/C22H21Cl2NO5S.C6H9NO2/c1-13(2)30-19-8-5-17(24)10-14(19)9-15-12-25-20(26)11-22(25,21(15)27)31(28,29)18-6-3-16(23)4-7-18;8-5-1-2-6(9)7-4-3-5/h3-8,10,13,15H,9,11-12H2,1-2H3;1-4H2,(H,7,9). The summed E-state index contributed by atoms with van der Waals surface area (Å²) in [6, 6.07) is 10.8. The van der Waals surface area contributed by atoms with Crippen LogP contribution in [0.4, 0.5) is 0 Å². The van der Waals surface area contributed by atoms with Gasteiger partial charge in [0.15, 0.2) is 5.78 Å². The predicted molar refractivity (Wildman–Crippen MR) is 149 cm³/mol. The first-order chi connectivity index (χ1) is 18.8. The number of β-lactam (4-membered cyclic amide) rings is 1. The van der Waals surface area contributed by atoms with E-state index in [2.05, 4.69) is 5.32 Å². The molecule has 0 bridgehead atoms. The Morgan fingerprint density at radius 3 is 2.33 bits per heavy atom. The molecule has 0 spiro atoms. The average Bonchev–Trinajstić information content (AvgIpc) is 2.98. The molecule has 40 heavy (non-hydrogen) atoms. The lowest BCUT2D eigenvalue weighted by Gasteiger charge is -2.44. The highest BCUT2D eigenvalue weighted by atomic mass is 35.5. The number of ether oxygens (including phenoxy) is 1. The number of nitrogens with zero attached hydrogens (tertiary/aromatic N) is 1. The quantitative estimate of drug-likeness (QED) is 0.494. The van der Waals surface area contributed by atoms with Gasteiger partial charge < -0.3 is 15.0 Å². The van der Waals surface area contributed by atoms with Gasteiger partial charge in [0, 0.05) is 48.3 Å². The molecule has 1 N–H and O–H groups in total. The fourth-order valence-electron chi connectivity index (χ4n) is 5.09. The molecule has 2 aromatic rings. The van der Waals surface area contributed by atoms with Crippen LogP contribution in [-0.4, -0.2) is 60.8 Å². The molecule has 0 aliphatic carbocycles. The predicted octanol–water partition coefficient (Wildman–Crippen LogP) is 3.78. The molecule has 5 rings (SSSR count). The number of nitrogens with one attached hydrogen (secondary N) is 1. The SMILES string of the molecule is CC(C)Oc1ccc(Cl)cc1CC1CN2C(=O)CC2(S(=O)(=O)c2ccc(Cl)cc2)C1=O.O=C1CCNC(=O)CC1. The van der Waals surface area contributed by atoms with Crippen molar-refractivity contribution in [2.24, 2.45) is 5.92 Å². The van der Waals surface area contributed by atoms with Crippen molar-refractivity contribution in [3.05, 3.63) is 58.1 Å². The fourth-order valence-corrected chi connectivity index (χ4v) is 7.50. The van der Waals surface area contributed by atoms with Crippen LogP contribution in [0.15, 0.2) is 47.4 Å². The molecule has 12 heteroatoms. The first-order valence-corrected chi connectivity index (χ1v) is 15.2. The van der Waals surface area contributed by atoms with Crippen molar-refractivity contribution >= 4 is 56.4 Å². The summed E-state index contributed by atoms with van der Waals surface area (Å²) >= 11 is 12.0. The summed E-state index contributed by atoms with van der Waals surface area (Å²) in [6.07, 6.45) is 1.09. The second kappa shape index (κ2) is 11.9. The van der Waals surface area contributed by atoms with Gasteiger partial charge in [-0.15, -0.1) is 0 Å². The topological polar surface area (TPSA) is 127 Å². The maximum absolute atomic E-state index is 13.5. The van der Waals surface area contributed by atoms with Crippen LogP contribution in [0.5, 0.6) is 5.75 Å². The zero-order chi connectivity index (χ0) is 29.2. The van der Waals surface area contributed by atoms with Gasteiger partial charge >= 0.3 is 0 Å². The molecule has 2 aromatic carbocycles. The van der Waals surface area contributed by atoms with Crippen molar-refractivity contribution in [3.63, 3.8) is 0 Å². The maximum Gasteiger partial charge on any atom is 0.228 e. The fraction of sp³-hybridized carbons (Fsp3) is 0.429. The summed E-state index contributed by atoms with van der Waals surface area (Å²) in [4.78, 5) is 46.3. The van der Waals surface area contributed by atoms with Crippen LogP contribution < -0.4 is 10.1 Å². The molecule has 214 valence electrons. The molecule has 2 atom stereocenters. The normalized spacial score (nSPS) is 22.6. The summed E-state index contributed by atoms with van der Waals surface area (Å²) in [5.74, 6) is -0.728. The van der Waals surface area contributed by atoms with E-state index in [1.807, 2.05) is 13.8 Å². The smallest absolute Gasteiger partial charge is 0.228 e. The lowest BCUT2D eigenvalue weighted by molar-refractivity contribution is -0.150. The van der Waals surface area contributed by atoms with Gasteiger partial charge in [0.1, 0.15) is 11.5 Å². The van der Waals surface area contributed by atoms with Gasteiger partial charge in [-0.05, 0) is 68.3 Å². The summed E-state index contributed by atoms with van der Waals surface area (Å²) in [5.41, 5.74) is 0.702. The third-order valence-corrected chi connectivity index (χ3v) is 9.90. The Kier molecular flexibility index (Phi) is 8.92. The maximum atomic E-state index is 13.5. The van der Waals surface area contributed by atoms with Crippen LogP contribution in [0.2, 0.25) is 10.0 Å². The second-order valence-corrected chi connectivity index (χ2v) is 13.3. The molecule has 0 saturated carbocycles. The lowest BCUT2D eigenvalue weighted by Crippen LogP contribution is -2.67. The number of halogens is 2. The molecule has 3 aliphatic rings. The largest absolute Gasteiger partial charge is 0.491 e. The number of ketones is 2. The summed E-state index contributed by atoms with van der Waals surface area (Å²) in [5, 5.41) is 3.48. The summed E-state index contributed by atoms with van der Waals surface area (Å²) < 4.78 is 32.7. The van der Waals surface area contributed by atoms with Crippen LogP contribution >= 0.6 is 23.2 Å². The Bertz CT molecular complexity index is 1430. The number of rotatable bonds is 6. The van der Waals surface area contributed by atoms with Gasteiger partial charge in [-0.25, -0.2) is 8.42 Å². The number of fused-ring (bicyclic) bond motifs is 1. The van der Waals surface area contributed by atoms with E-state index in [4.69, 9.17) is 27.9 Å². The first-order valence-electron chi connectivity index (χ1n) is 12.9.